The summed E-state index contributed by atoms with van der Waals surface area (Å²) in [6.07, 6.45) is -0.673. The maximum absolute atomic E-state index is 12.2. The van der Waals surface area contributed by atoms with Gasteiger partial charge in [0.2, 0.25) is 0 Å². The van der Waals surface area contributed by atoms with E-state index in [1.165, 1.54) is 4.68 Å². The Labute approximate surface area is 149 Å². The molecule has 1 heterocycles. The van der Waals surface area contributed by atoms with E-state index < -0.39 is 6.09 Å². The van der Waals surface area contributed by atoms with Crippen molar-refractivity contribution >= 4 is 23.5 Å². The molecule has 0 bridgehead atoms. The normalized spacial score (nSPS) is 10.3. The summed E-state index contributed by atoms with van der Waals surface area (Å²) in [6.45, 7) is 2.23. The number of amides is 1. The second-order valence-corrected chi connectivity index (χ2v) is 5.35. The SMILES string of the molecule is CCOc1nn(-c2ccccc2)c(NC(=O)Oc2ccccc2)c1Cl. The molecule has 0 aliphatic rings. The van der Waals surface area contributed by atoms with Crippen LogP contribution in [-0.4, -0.2) is 22.5 Å². The van der Waals surface area contributed by atoms with Crippen molar-refractivity contribution in [2.45, 2.75) is 6.92 Å². The second-order valence-electron chi connectivity index (χ2n) is 4.98. The predicted octanol–water partition coefficient (Wildman–Crippen LogP) is 4.54. The maximum Gasteiger partial charge on any atom is 0.418 e. The lowest BCUT2D eigenvalue weighted by molar-refractivity contribution is 0.215. The van der Waals surface area contributed by atoms with Gasteiger partial charge in [0.25, 0.3) is 5.88 Å². The van der Waals surface area contributed by atoms with E-state index in [0.29, 0.717) is 12.4 Å². The molecule has 0 atom stereocenters. The van der Waals surface area contributed by atoms with Crippen LogP contribution in [0.25, 0.3) is 5.69 Å². The summed E-state index contributed by atoms with van der Waals surface area (Å²) < 4.78 is 12.2. The molecular weight excluding hydrogens is 342 g/mol. The highest BCUT2D eigenvalue weighted by Crippen LogP contribution is 2.34. The zero-order chi connectivity index (χ0) is 17.6. The van der Waals surface area contributed by atoms with E-state index >= 15 is 0 Å². The first-order valence-corrected chi connectivity index (χ1v) is 8.07. The minimum absolute atomic E-state index is 0.204. The van der Waals surface area contributed by atoms with Gasteiger partial charge in [-0.25, -0.2) is 9.48 Å². The third-order valence-corrected chi connectivity index (χ3v) is 3.60. The van der Waals surface area contributed by atoms with Gasteiger partial charge in [-0.15, -0.1) is 5.10 Å². The number of nitrogens with one attached hydrogen (secondary N) is 1. The van der Waals surface area contributed by atoms with E-state index in [-0.39, 0.29) is 16.7 Å². The molecule has 128 valence electrons. The fraction of sp³-hybridized carbons (Fsp3) is 0.111. The molecule has 0 saturated carbocycles. The summed E-state index contributed by atoms with van der Waals surface area (Å²) in [5.74, 6) is 0.937. The van der Waals surface area contributed by atoms with Crippen LogP contribution in [0.5, 0.6) is 11.6 Å². The summed E-state index contributed by atoms with van der Waals surface area (Å²) >= 11 is 6.33. The zero-order valence-corrected chi connectivity index (χ0v) is 14.2. The Bertz CT molecular complexity index is 851. The molecule has 0 aliphatic carbocycles. The molecule has 7 heteroatoms. The van der Waals surface area contributed by atoms with Crippen molar-refractivity contribution < 1.29 is 14.3 Å². The van der Waals surface area contributed by atoms with E-state index in [2.05, 4.69) is 10.4 Å². The average Bonchev–Trinajstić information content (AvgIpc) is 2.93. The van der Waals surface area contributed by atoms with Crippen LogP contribution in [0.4, 0.5) is 10.6 Å². The number of ether oxygens (including phenoxy) is 2. The Balaban J connectivity index is 1.90. The number of aromatic nitrogens is 2. The first kappa shape index (κ1) is 16.9. The Kier molecular flexibility index (Phi) is 5.20. The van der Waals surface area contributed by atoms with E-state index in [9.17, 15) is 4.79 Å². The highest BCUT2D eigenvalue weighted by atomic mass is 35.5. The van der Waals surface area contributed by atoms with Crippen LogP contribution in [0, 0.1) is 0 Å². The number of carbonyl (C=O) groups excluding carboxylic acids is 1. The number of carbonyl (C=O) groups is 1. The van der Waals surface area contributed by atoms with E-state index in [0.717, 1.165) is 5.69 Å². The van der Waals surface area contributed by atoms with Crippen LogP contribution >= 0.6 is 11.6 Å². The first-order chi connectivity index (χ1) is 12.2. The summed E-state index contributed by atoms with van der Waals surface area (Å²) in [5, 5.41) is 7.16. The molecular formula is C18H16ClN3O3. The Hall–Kier alpha value is -2.99. The minimum Gasteiger partial charge on any atom is -0.476 e. The third kappa shape index (κ3) is 3.92. The topological polar surface area (TPSA) is 65.4 Å². The number of nitrogens with zero attached hydrogens (tertiary/aromatic N) is 2. The first-order valence-electron chi connectivity index (χ1n) is 7.69. The second kappa shape index (κ2) is 7.72. The lowest BCUT2D eigenvalue weighted by Crippen LogP contribution is -2.19. The quantitative estimate of drug-likeness (QED) is 0.728. The number of hydrogen-bond acceptors (Lipinski definition) is 4. The summed E-state index contributed by atoms with van der Waals surface area (Å²) in [5.41, 5.74) is 0.727. The van der Waals surface area contributed by atoms with Crippen molar-refractivity contribution in [3.05, 3.63) is 65.7 Å². The van der Waals surface area contributed by atoms with E-state index in [1.54, 1.807) is 24.3 Å². The monoisotopic (exact) mass is 357 g/mol. The molecule has 0 radical (unpaired) electrons. The largest absolute Gasteiger partial charge is 0.476 e. The highest BCUT2D eigenvalue weighted by molar-refractivity contribution is 6.34. The van der Waals surface area contributed by atoms with Gasteiger partial charge in [-0.1, -0.05) is 48.0 Å². The van der Waals surface area contributed by atoms with Crippen molar-refractivity contribution in [1.82, 2.24) is 9.78 Å². The number of rotatable bonds is 5. The molecule has 2 aromatic carbocycles. The Morgan fingerprint density at radius 1 is 1.12 bits per heavy atom. The van der Waals surface area contributed by atoms with Crippen LogP contribution in [0.3, 0.4) is 0 Å². The molecule has 3 rings (SSSR count). The molecule has 0 saturated heterocycles. The van der Waals surface area contributed by atoms with Gasteiger partial charge in [0.05, 0.1) is 12.3 Å². The molecule has 0 fully saturated rings. The number of hydrogen-bond donors (Lipinski definition) is 1. The molecule has 0 spiro atoms. The molecule has 25 heavy (non-hydrogen) atoms. The minimum atomic E-state index is -0.673. The van der Waals surface area contributed by atoms with Gasteiger partial charge in [-0.3, -0.25) is 5.32 Å². The molecule has 0 aliphatic heterocycles. The van der Waals surface area contributed by atoms with E-state index in [4.69, 9.17) is 21.1 Å². The lowest BCUT2D eigenvalue weighted by Gasteiger charge is -2.09. The molecule has 6 nitrogen and oxygen atoms in total. The lowest BCUT2D eigenvalue weighted by atomic mass is 10.3. The van der Waals surface area contributed by atoms with Crippen LogP contribution in [0.1, 0.15) is 6.92 Å². The van der Waals surface area contributed by atoms with Gasteiger partial charge in [-0.2, -0.15) is 0 Å². The summed E-state index contributed by atoms with van der Waals surface area (Å²) in [4.78, 5) is 12.2. The van der Waals surface area contributed by atoms with Crippen LogP contribution in [-0.2, 0) is 0 Å². The number of para-hydroxylation sites is 2. The molecule has 1 amide bonds. The smallest absolute Gasteiger partial charge is 0.418 e. The zero-order valence-electron chi connectivity index (χ0n) is 13.5. The van der Waals surface area contributed by atoms with Crippen molar-refractivity contribution in [1.29, 1.82) is 0 Å². The standard InChI is InChI=1S/C18H16ClN3O3/c1-2-24-17-15(19)16(22(21-17)13-9-5-3-6-10-13)20-18(23)25-14-11-7-4-8-12-14/h3-12H,2H2,1H3,(H,20,23). The predicted molar refractivity (Wildman–Crippen MR) is 95.8 cm³/mol. The summed E-state index contributed by atoms with van der Waals surface area (Å²) in [7, 11) is 0. The third-order valence-electron chi connectivity index (χ3n) is 3.25. The van der Waals surface area contributed by atoms with Crippen LogP contribution < -0.4 is 14.8 Å². The number of benzene rings is 2. The fourth-order valence-corrected chi connectivity index (χ4v) is 2.41. The van der Waals surface area contributed by atoms with Gasteiger partial charge >= 0.3 is 6.09 Å². The fourth-order valence-electron chi connectivity index (χ4n) is 2.19. The highest BCUT2D eigenvalue weighted by Gasteiger charge is 2.21. The van der Waals surface area contributed by atoms with Gasteiger partial charge in [-0.05, 0) is 31.2 Å². The van der Waals surface area contributed by atoms with Crippen LogP contribution in [0.2, 0.25) is 5.02 Å². The van der Waals surface area contributed by atoms with E-state index in [1.807, 2.05) is 43.3 Å². The van der Waals surface area contributed by atoms with Gasteiger partial charge in [0, 0.05) is 0 Å². The van der Waals surface area contributed by atoms with Crippen molar-refractivity contribution in [2.75, 3.05) is 11.9 Å². The number of anilines is 1. The maximum atomic E-state index is 12.2. The molecule has 1 N–H and O–H groups in total. The van der Waals surface area contributed by atoms with Crippen molar-refractivity contribution in [2.24, 2.45) is 0 Å². The average molecular weight is 358 g/mol. The Morgan fingerprint density at radius 3 is 2.40 bits per heavy atom. The molecule has 1 aromatic heterocycles. The number of halogens is 1. The van der Waals surface area contributed by atoms with Gasteiger partial charge in [0.1, 0.15) is 10.8 Å². The summed E-state index contributed by atoms with van der Waals surface area (Å²) in [6, 6.07) is 18.0. The van der Waals surface area contributed by atoms with Gasteiger partial charge in [0.15, 0.2) is 5.82 Å². The van der Waals surface area contributed by atoms with Gasteiger partial charge < -0.3 is 9.47 Å². The van der Waals surface area contributed by atoms with Crippen molar-refractivity contribution in [3.63, 3.8) is 0 Å². The molecule has 0 unspecified atom stereocenters. The molecule has 3 aromatic rings. The Morgan fingerprint density at radius 2 is 1.76 bits per heavy atom. The van der Waals surface area contributed by atoms with Crippen molar-refractivity contribution in [3.8, 4) is 17.3 Å². The van der Waals surface area contributed by atoms with Crippen LogP contribution in [0.15, 0.2) is 60.7 Å².